The third-order valence-electron chi connectivity index (χ3n) is 5.33. The molecule has 0 bridgehead atoms. The maximum Gasteiger partial charge on any atom is 0.0467 e. The molecule has 0 aromatic carbocycles. The molecule has 1 N–H and O–H groups in total. The van der Waals surface area contributed by atoms with E-state index in [4.69, 9.17) is 4.74 Å². The molecule has 1 aliphatic heterocycles. The largest absolute Gasteiger partial charge is 0.385 e. The van der Waals surface area contributed by atoms with Crippen LogP contribution in [0.2, 0.25) is 0 Å². The fourth-order valence-electron chi connectivity index (χ4n) is 3.88. The molecule has 1 spiro atoms. The predicted octanol–water partition coefficient (Wildman–Crippen LogP) is 3.05. The van der Waals surface area contributed by atoms with Gasteiger partial charge in [-0.05, 0) is 31.6 Å². The molecule has 1 heterocycles. The van der Waals surface area contributed by atoms with Crippen LogP contribution in [0.5, 0.6) is 0 Å². The van der Waals surface area contributed by atoms with Crippen molar-refractivity contribution >= 4 is 0 Å². The van der Waals surface area contributed by atoms with Crippen molar-refractivity contribution in [1.29, 1.82) is 0 Å². The molecule has 3 heteroatoms. The first-order chi connectivity index (χ1) is 9.46. The second-order valence-electron chi connectivity index (χ2n) is 7.88. The van der Waals surface area contributed by atoms with Crippen LogP contribution in [0.15, 0.2) is 0 Å². The van der Waals surface area contributed by atoms with Gasteiger partial charge in [-0.2, -0.15) is 0 Å². The molecule has 0 aromatic heterocycles. The third kappa shape index (κ3) is 4.19. The Morgan fingerprint density at radius 2 is 1.95 bits per heavy atom. The molecule has 0 aromatic rings. The smallest absolute Gasteiger partial charge is 0.0467 e. The number of hydrogen-bond acceptors (Lipinski definition) is 3. The highest BCUT2D eigenvalue weighted by Crippen LogP contribution is 2.33. The van der Waals surface area contributed by atoms with E-state index in [1.807, 2.05) is 0 Å². The second-order valence-corrected chi connectivity index (χ2v) is 7.88. The van der Waals surface area contributed by atoms with Gasteiger partial charge in [0.15, 0.2) is 0 Å². The molecule has 1 unspecified atom stereocenters. The van der Waals surface area contributed by atoms with Gasteiger partial charge in [-0.3, -0.25) is 4.90 Å². The monoisotopic (exact) mass is 282 g/mol. The van der Waals surface area contributed by atoms with Gasteiger partial charge in [-0.15, -0.1) is 0 Å². The number of hydrogen-bond donors (Lipinski definition) is 1. The maximum atomic E-state index is 5.27. The number of rotatable bonds is 5. The van der Waals surface area contributed by atoms with Gasteiger partial charge in [-0.1, -0.05) is 33.1 Å². The summed E-state index contributed by atoms with van der Waals surface area (Å²) in [5.41, 5.74) is 0.763. The van der Waals surface area contributed by atoms with Crippen molar-refractivity contribution in [3.05, 3.63) is 0 Å². The molecular formula is C17H34N2O. The first kappa shape index (κ1) is 16.3. The molecule has 3 nitrogen and oxygen atoms in total. The molecule has 1 saturated heterocycles. The van der Waals surface area contributed by atoms with Crippen LogP contribution in [0.4, 0.5) is 0 Å². The van der Waals surface area contributed by atoms with Gasteiger partial charge in [0.25, 0.3) is 0 Å². The minimum absolute atomic E-state index is 0.345. The Labute approximate surface area is 125 Å². The van der Waals surface area contributed by atoms with E-state index in [0.29, 0.717) is 17.0 Å². The number of nitrogens with one attached hydrogen (secondary N) is 1. The van der Waals surface area contributed by atoms with E-state index >= 15 is 0 Å². The van der Waals surface area contributed by atoms with Crippen molar-refractivity contribution in [2.45, 2.75) is 70.9 Å². The lowest BCUT2D eigenvalue weighted by atomic mass is 9.78. The van der Waals surface area contributed by atoms with Gasteiger partial charge in [0.1, 0.15) is 0 Å². The van der Waals surface area contributed by atoms with Crippen molar-refractivity contribution in [3.8, 4) is 0 Å². The summed E-state index contributed by atoms with van der Waals surface area (Å²) in [6.45, 7) is 11.6. The van der Waals surface area contributed by atoms with Crippen molar-refractivity contribution in [1.82, 2.24) is 10.2 Å². The molecule has 2 fully saturated rings. The van der Waals surface area contributed by atoms with Gasteiger partial charge in [-0.25, -0.2) is 0 Å². The van der Waals surface area contributed by atoms with E-state index in [9.17, 15) is 0 Å². The van der Waals surface area contributed by atoms with Gasteiger partial charge in [0.05, 0.1) is 0 Å². The SMILES string of the molecule is COCCC(C)(C)CN1CC2(CCCCC2)NCC1C. The van der Waals surface area contributed by atoms with E-state index < -0.39 is 0 Å². The summed E-state index contributed by atoms with van der Waals surface area (Å²) >= 11 is 0. The van der Waals surface area contributed by atoms with E-state index in [-0.39, 0.29) is 0 Å². The van der Waals surface area contributed by atoms with Crippen molar-refractivity contribution in [3.63, 3.8) is 0 Å². The Kier molecular flexibility index (Phi) is 5.49. The average Bonchev–Trinajstić information content (AvgIpc) is 2.42. The first-order valence-electron chi connectivity index (χ1n) is 8.44. The highest BCUT2D eigenvalue weighted by molar-refractivity contribution is 4.99. The average molecular weight is 282 g/mol. The van der Waals surface area contributed by atoms with Crippen molar-refractivity contribution in [2.24, 2.45) is 5.41 Å². The zero-order chi connectivity index (χ0) is 14.6. The standard InChI is InChI=1S/C17H34N2O/c1-15-12-18-17(8-6-5-7-9-17)14-19(15)13-16(2,3)10-11-20-4/h15,18H,5-14H2,1-4H3. The van der Waals surface area contributed by atoms with Gasteiger partial charge < -0.3 is 10.1 Å². The summed E-state index contributed by atoms with van der Waals surface area (Å²) in [4.78, 5) is 2.73. The summed E-state index contributed by atoms with van der Waals surface area (Å²) in [6.07, 6.45) is 8.12. The zero-order valence-corrected chi connectivity index (χ0v) is 14.0. The summed E-state index contributed by atoms with van der Waals surface area (Å²) in [5.74, 6) is 0. The lowest BCUT2D eigenvalue weighted by Gasteiger charge is -2.50. The number of methoxy groups -OCH3 is 1. The highest BCUT2D eigenvalue weighted by Gasteiger charge is 2.39. The van der Waals surface area contributed by atoms with Crippen LogP contribution in [-0.4, -0.2) is 49.8 Å². The summed E-state index contributed by atoms with van der Waals surface area (Å²) in [6, 6.07) is 0.657. The maximum absolute atomic E-state index is 5.27. The molecule has 2 rings (SSSR count). The Morgan fingerprint density at radius 1 is 1.25 bits per heavy atom. The number of piperazine rings is 1. The van der Waals surface area contributed by atoms with E-state index in [0.717, 1.165) is 19.6 Å². The van der Waals surface area contributed by atoms with Crippen LogP contribution in [0.25, 0.3) is 0 Å². The normalized spacial score (nSPS) is 27.9. The lowest BCUT2D eigenvalue weighted by Crippen LogP contribution is -2.65. The van der Waals surface area contributed by atoms with Gasteiger partial charge >= 0.3 is 0 Å². The Hall–Kier alpha value is -0.120. The molecule has 0 amide bonds. The van der Waals surface area contributed by atoms with Gasteiger partial charge in [0.2, 0.25) is 0 Å². The van der Waals surface area contributed by atoms with Crippen LogP contribution < -0.4 is 5.32 Å². The zero-order valence-electron chi connectivity index (χ0n) is 14.0. The molecule has 1 saturated carbocycles. The molecule has 1 atom stereocenters. The minimum atomic E-state index is 0.345. The topological polar surface area (TPSA) is 24.5 Å². The van der Waals surface area contributed by atoms with Crippen LogP contribution in [0.1, 0.15) is 59.3 Å². The molecule has 118 valence electrons. The predicted molar refractivity (Wildman–Crippen MR) is 85.1 cm³/mol. The molecule has 0 radical (unpaired) electrons. The van der Waals surface area contributed by atoms with Crippen LogP contribution in [0.3, 0.4) is 0 Å². The van der Waals surface area contributed by atoms with Crippen LogP contribution in [0, 0.1) is 5.41 Å². The third-order valence-corrected chi connectivity index (χ3v) is 5.33. The molecular weight excluding hydrogens is 248 g/mol. The summed E-state index contributed by atoms with van der Waals surface area (Å²) < 4.78 is 5.27. The summed E-state index contributed by atoms with van der Waals surface area (Å²) in [7, 11) is 1.81. The summed E-state index contributed by atoms with van der Waals surface area (Å²) in [5, 5.41) is 3.88. The lowest BCUT2D eigenvalue weighted by molar-refractivity contribution is 0.0279. The second kappa shape index (κ2) is 6.76. The minimum Gasteiger partial charge on any atom is -0.385 e. The van der Waals surface area contributed by atoms with Crippen LogP contribution >= 0.6 is 0 Å². The quantitative estimate of drug-likeness (QED) is 0.839. The Morgan fingerprint density at radius 3 is 2.60 bits per heavy atom. The van der Waals surface area contributed by atoms with E-state index in [1.165, 1.54) is 45.2 Å². The Bertz CT molecular complexity index is 297. The van der Waals surface area contributed by atoms with E-state index in [1.54, 1.807) is 7.11 Å². The molecule has 1 aliphatic carbocycles. The fourth-order valence-corrected chi connectivity index (χ4v) is 3.88. The number of nitrogens with zero attached hydrogens (tertiary/aromatic N) is 1. The van der Waals surface area contributed by atoms with Crippen LogP contribution in [-0.2, 0) is 4.74 Å². The first-order valence-corrected chi connectivity index (χ1v) is 8.44. The van der Waals surface area contributed by atoms with Crippen molar-refractivity contribution < 1.29 is 4.74 Å². The Balaban J connectivity index is 1.94. The fraction of sp³-hybridized carbons (Fsp3) is 1.00. The highest BCUT2D eigenvalue weighted by atomic mass is 16.5. The molecule has 20 heavy (non-hydrogen) atoms. The number of ether oxygens (including phenoxy) is 1. The van der Waals surface area contributed by atoms with Gasteiger partial charge in [0, 0.05) is 44.9 Å². The van der Waals surface area contributed by atoms with E-state index in [2.05, 4.69) is 31.0 Å². The van der Waals surface area contributed by atoms with Crippen molar-refractivity contribution in [2.75, 3.05) is 33.4 Å². The molecule has 2 aliphatic rings.